The highest BCUT2D eigenvalue weighted by Gasteiger charge is 2.14. The summed E-state index contributed by atoms with van der Waals surface area (Å²) in [6.07, 6.45) is 3.35. The highest BCUT2D eigenvalue weighted by molar-refractivity contribution is 5.92. The first-order valence-electron chi connectivity index (χ1n) is 7.72. The Kier molecular flexibility index (Phi) is 7.51. The molecule has 116 valence electrons. The van der Waals surface area contributed by atoms with Gasteiger partial charge in [0, 0.05) is 32.1 Å². The number of rotatable bonds is 8. The molecule has 0 aliphatic heterocycles. The van der Waals surface area contributed by atoms with Gasteiger partial charge in [0.25, 0.3) is 0 Å². The van der Waals surface area contributed by atoms with Crippen LogP contribution in [-0.4, -0.2) is 24.9 Å². The van der Waals surface area contributed by atoms with Crippen LogP contribution in [0.25, 0.3) is 0 Å². The minimum Gasteiger partial charge on any atom is -0.354 e. The van der Waals surface area contributed by atoms with E-state index in [0.29, 0.717) is 19.5 Å². The van der Waals surface area contributed by atoms with Crippen molar-refractivity contribution < 1.29 is 9.59 Å². The second-order valence-corrected chi connectivity index (χ2v) is 5.11. The largest absolute Gasteiger partial charge is 0.354 e. The number of carbonyl (C=O) groups excluding carboxylic acids is 2. The van der Waals surface area contributed by atoms with E-state index in [2.05, 4.69) is 19.2 Å². The van der Waals surface area contributed by atoms with Crippen LogP contribution in [0.5, 0.6) is 0 Å². The zero-order chi connectivity index (χ0) is 15.7. The van der Waals surface area contributed by atoms with Crippen molar-refractivity contribution in [2.24, 2.45) is 0 Å². The predicted octanol–water partition coefficient (Wildman–Crippen LogP) is 2.91. The first-order valence-corrected chi connectivity index (χ1v) is 7.72. The lowest BCUT2D eigenvalue weighted by Gasteiger charge is -2.24. The molecule has 0 saturated carbocycles. The van der Waals surface area contributed by atoms with E-state index in [1.165, 1.54) is 0 Å². The summed E-state index contributed by atoms with van der Waals surface area (Å²) in [4.78, 5) is 25.2. The zero-order valence-electron chi connectivity index (χ0n) is 13.3. The Labute approximate surface area is 127 Å². The molecule has 4 heteroatoms. The highest BCUT2D eigenvalue weighted by Crippen LogP contribution is 2.20. The quantitative estimate of drug-likeness (QED) is 0.800. The Balaban J connectivity index is 2.63. The summed E-state index contributed by atoms with van der Waals surface area (Å²) >= 11 is 0. The normalized spacial score (nSPS) is 10.2. The number of nitrogens with one attached hydrogen (secondary N) is 1. The van der Waals surface area contributed by atoms with Gasteiger partial charge in [0.05, 0.1) is 0 Å². The van der Waals surface area contributed by atoms with Gasteiger partial charge in [-0.2, -0.15) is 0 Å². The van der Waals surface area contributed by atoms with Crippen LogP contribution in [-0.2, 0) is 16.0 Å². The number of anilines is 1. The van der Waals surface area contributed by atoms with Crippen LogP contribution >= 0.6 is 0 Å². The molecule has 0 radical (unpaired) electrons. The average molecular weight is 290 g/mol. The van der Waals surface area contributed by atoms with Crippen molar-refractivity contribution in [3.8, 4) is 0 Å². The minimum atomic E-state index is -0.00120. The molecule has 0 aliphatic rings. The molecule has 4 nitrogen and oxygen atoms in total. The third-order valence-corrected chi connectivity index (χ3v) is 3.46. The summed E-state index contributed by atoms with van der Waals surface area (Å²) in [5, 5.41) is 2.88. The summed E-state index contributed by atoms with van der Waals surface area (Å²) in [7, 11) is 0. The maximum Gasteiger partial charge on any atom is 0.223 e. The van der Waals surface area contributed by atoms with E-state index in [1.54, 1.807) is 11.8 Å². The molecule has 21 heavy (non-hydrogen) atoms. The number of aryl methyl sites for hydroxylation is 1. The molecule has 0 spiro atoms. The lowest BCUT2D eigenvalue weighted by molar-refractivity contribution is -0.121. The van der Waals surface area contributed by atoms with Gasteiger partial charge in [-0.1, -0.05) is 38.5 Å². The smallest absolute Gasteiger partial charge is 0.223 e. The van der Waals surface area contributed by atoms with Crippen LogP contribution in [0, 0.1) is 0 Å². The fourth-order valence-corrected chi connectivity index (χ4v) is 2.25. The van der Waals surface area contributed by atoms with E-state index >= 15 is 0 Å². The SMILES string of the molecule is CCCCC(=O)NCCN(C(C)=O)c1ccccc1CC. The summed E-state index contributed by atoms with van der Waals surface area (Å²) in [5.74, 6) is 0.0582. The number of hydrogen-bond donors (Lipinski definition) is 1. The van der Waals surface area contributed by atoms with Crippen molar-refractivity contribution in [1.82, 2.24) is 5.32 Å². The Hall–Kier alpha value is -1.84. The Morgan fingerprint density at radius 1 is 1.19 bits per heavy atom. The van der Waals surface area contributed by atoms with Crippen LogP contribution < -0.4 is 10.2 Å². The molecule has 0 fully saturated rings. The molecular formula is C17H26N2O2. The Morgan fingerprint density at radius 3 is 2.52 bits per heavy atom. The molecule has 0 unspecified atom stereocenters. The summed E-state index contributed by atoms with van der Waals surface area (Å²) in [6, 6.07) is 7.90. The standard InChI is InChI=1S/C17H26N2O2/c1-4-6-11-17(21)18-12-13-19(14(3)20)16-10-8-7-9-15(16)5-2/h7-10H,4-6,11-13H2,1-3H3,(H,18,21). The molecule has 0 aliphatic carbocycles. The lowest BCUT2D eigenvalue weighted by atomic mass is 10.1. The van der Waals surface area contributed by atoms with Gasteiger partial charge >= 0.3 is 0 Å². The van der Waals surface area contributed by atoms with Crippen molar-refractivity contribution >= 4 is 17.5 Å². The van der Waals surface area contributed by atoms with Crippen molar-refractivity contribution in [1.29, 1.82) is 0 Å². The van der Waals surface area contributed by atoms with Gasteiger partial charge in [0.1, 0.15) is 0 Å². The Morgan fingerprint density at radius 2 is 1.90 bits per heavy atom. The van der Waals surface area contributed by atoms with Crippen LogP contribution in [0.15, 0.2) is 24.3 Å². The molecule has 1 aromatic carbocycles. The van der Waals surface area contributed by atoms with Gasteiger partial charge in [-0.25, -0.2) is 0 Å². The number of nitrogens with zero attached hydrogens (tertiary/aromatic N) is 1. The maximum atomic E-state index is 11.9. The van der Waals surface area contributed by atoms with E-state index in [1.807, 2.05) is 24.3 Å². The Bertz CT molecular complexity index is 472. The third-order valence-electron chi connectivity index (χ3n) is 3.46. The maximum absolute atomic E-state index is 11.9. The van der Waals surface area contributed by atoms with E-state index in [0.717, 1.165) is 30.5 Å². The summed E-state index contributed by atoms with van der Waals surface area (Å²) in [6.45, 7) is 6.69. The van der Waals surface area contributed by atoms with E-state index < -0.39 is 0 Å². The van der Waals surface area contributed by atoms with E-state index in [9.17, 15) is 9.59 Å². The molecule has 0 aromatic heterocycles. The average Bonchev–Trinajstić information content (AvgIpc) is 2.49. The van der Waals surface area contributed by atoms with Gasteiger partial charge in [0.15, 0.2) is 0 Å². The monoisotopic (exact) mass is 290 g/mol. The van der Waals surface area contributed by atoms with Crippen molar-refractivity contribution in [3.63, 3.8) is 0 Å². The van der Waals surface area contributed by atoms with Crippen LogP contribution in [0.4, 0.5) is 5.69 Å². The van der Waals surface area contributed by atoms with Gasteiger partial charge in [-0.3, -0.25) is 9.59 Å². The molecule has 0 saturated heterocycles. The number of para-hydroxylation sites is 1. The van der Waals surface area contributed by atoms with Crippen molar-refractivity contribution in [2.45, 2.75) is 46.5 Å². The molecule has 0 atom stereocenters. The summed E-state index contributed by atoms with van der Waals surface area (Å²) in [5.41, 5.74) is 2.08. The molecule has 1 aromatic rings. The second kappa shape index (κ2) is 9.16. The van der Waals surface area contributed by atoms with E-state index in [4.69, 9.17) is 0 Å². The number of carbonyl (C=O) groups is 2. The van der Waals surface area contributed by atoms with Gasteiger partial charge in [0.2, 0.25) is 11.8 Å². The molecular weight excluding hydrogens is 264 g/mol. The molecule has 1 rings (SSSR count). The first kappa shape index (κ1) is 17.2. The molecule has 0 heterocycles. The van der Waals surface area contributed by atoms with Crippen molar-refractivity contribution in [2.75, 3.05) is 18.0 Å². The van der Waals surface area contributed by atoms with Gasteiger partial charge < -0.3 is 10.2 Å². The minimum absolute atomic E-state index is 0.00120. The molecule has 2 amide bonds. The van der Waals surface area contributed by atoms with Crippen LogP contribution in [0.3, 0.4) is 0 Å². The summed E-state index contributed by atoms with van der Waals surface area (Å²) < 4.78 is 0. The fourth-order valence-electron chi connectivity index (χ4n) is 2.25. The number of unbranched alkanes of at least 4 members (excludes halogenated alkanes) is 1. The predicted molar refractivity (Wildman–Crippen MR) is 86.4 cm³/mol. The number of amides is 2. The highest BCUT2D eigenvalue weighted by atomic mass is 16.2. The third kappa shape index (κ3) is 5.58. The van der Waals surface area contributed by atoms with Crippen LogP contribution in [0.2, 0.25) is 0 Å². The molecule has 0 bridgehead atoms. The lowest BCUT2D eigenvalue weighted by Crippen LogP contribution is -2.38. The van der Waals surface area contributed by atoms with Gasteiger partial charge in [-0.15, -0.1) is 0 Å². The first-order chi connectivity index (χ1) is 10.1. The van der Waals surface area contributed by atoms with E-state index in [-0.39, 0.29) is 11.8 Å². The van der Waals surface area contributed by atoms with Crippen LogP contribution in [0.1, 0.15) is 45.6 Å². The van der Waals surface area contributed by atoms with Crippen molar-refractivity contribution in [3.05, 3.63) is 29.8 Å². The number of benzene rings is 1. The zero-order valence-corrected chi connectivity index (χ0v) is 13.3. The fraction of sp³-hybridized carbons (Fsp3) is 0.529. The number of hydrogen-bond acceptors (Lipinski definition) is 2. The van der Waals surface area contributed by atoms with Gasteiger partial charge in [-0.05, 0) is 24.5 Å². The topological polar surface area (TPSA) is 49.4 Å². The molecule has 1 N–H and O–H groups in total. The second-order valence-electron chi connectivity index (χ2n) is 5.11.